The molecule has 1 aromatic carbocycles. The Morgan fingerprint density at radius 2 is 1.53 bits per heavy atom. The van der Waals surface area contributed by atoms with E-state index in [2.05, 4.69) is 10.6 Å². The van der Waals surface area contributed by atoms with Crippen LogP contribution in [0.25, 0.3) is 0 Å². The van der Waals surface area contributed by atoms with Gasteiger partial charge in [-0.3, -0.25) is 9.59 Å². The number of rotatable bonds is 10. The Balaban J connectivity index is 1.67. The second-order valence-electron chi connectivity index (χ2n) is 9.16. The number of carbonyl (C=O) groups excluding carboxylic acids is 3. The Labute approximate surface area is 212 Å². The number of carbonyl (C=O) groups is 3. The van der Waals surface area contributed by atoms with Crippen LogP contribution in [-0.4, -0.2) is 109 Å². The molecule has 3 atom stereocenters. The lowest BCUT2D eigenvalue weighted by atomic mass is 9.76. The third kappa shape index (κ3) is 8.19. The first-order valence-electron chi connectivity index (χ1n) is 12.6. The molecule has 2 aliphatic rings. The summed E-state index contributed by atoms with van der Waals surface area (Å²) in [7, 11) is -1.79. The van der Waals surface area contributed by atoms with Gasteiger partial charge >= 0.3 is 13.1 Å². The number of nitrogens with one attached hydrogen (secondary N) is 2. The highest BCUT2D eigenvalue weighted by Crippen LogP contribution is 2.14. The summed E-state index contributed by atoms with van der Waals surface area (Å²) in [5.41, 5.74) is 1.11. The molecule has 0 aromatic heterocycles. The molecule has 0 unspecified atom stereocenters. The van der Waals surface area contributed by atoms with Crippen LogP contribution in [0, 0.1) is 5.92 Å². The molecule has 11 nitrogen and oxygen atoms in total. The van der Waals surface area contributed by atoms with E-state index in [9.17, 15) is 24.4 Å². The van der Waals surface area contributed by atoms with Crippen molar-refractivity contribution in [3.63, 3.8) is 0 Å². The molecule has 2 fully saturated rings. The van der Waals surface area contributed by atoms with Gasteiger partial charge in [-0.15, -0.1) is 0 Å². The van der Waals surface area contributed by atoms with Gasteiger partial charge < -0.3 is 40.0 Å². The molecule has 0 spiro atoms. The lowest BCUT2D eigenvalue weighted by Gasteiger charge is -2.34. The Kier molecular flexibility index (Phi) is 11.0. The van der Waals surface area contributed by atoms with Crippen LogP contribution in [0.5, 0.6) is 0 Å². The highest BCUT2D eigenvalue weighted by molar-refractivity contribution is 6.43. The fraction of sp³-hybridized carbons (Fsp3) is 0.625. The first-order chi connectivity index (χ1) is 17.4. The van der Waals surface area contributed by atoms with E-state index in [4.69, 9.17) is 9.47 Å². The molecule has 2 heterocycles. The molecule has 4 N–H and O–H groups in total. The highest BCUT2D eigenvalue weighted by atomic mass is 16.5. The van der Waals surface area contributed by atoms with Crippen molar-refractivity contribution in [2.45, 2.75) is 38.2 Å². The normalized spacial score (nSPS) is 18.6. The molecule has 12 heteroatoms. The largest absolute Gasteiger partial charge is 0.475 e. The zero-order valence-corrected chi connectivity index (χ0v) is 20.8. The van der Waals surface area contributed by atoms with Gasteiger partial charge in [-0.1, -0.05) is 37.3 Å². The lowest BCUT2D eigenvalue weighted by molar-refractivity contribution is -0.142. The van der Waals surface area contributed by atoms with E-state index in [1.165, 1.54) is 4.90 Å². The number of hydrogen-bond donors (Lipinski definition) is 4. The summed E-state index contributed by atoms with van der Waals surface area (Å²) in [6.07, 6.45) is 1.64. The van der Waals surface area contributed by atoms with Gasteiger partial charge in [0, 0.05) is 26.2 Å². The summed E-state index contributed by atoms with van der Waals surface area (Å²) >= 11 is 0. The van der Waals surface area contributed by atoms with E-state index >= 15 is 0 Å². The number of ether oxygens (including phenoxy) is 2. The summed E-state index contributed by atoms with van der Waals surface area (Å²) in [4.78, 5) is 42.6. The van der Waals surface area contributed by atoms with Crippen molar-refractivity contribution in [2.24, 2.45) is 5.92 Å². The molecule has 0 aliphatic carbocycles. The maximum Gasteiger partial charge on any atom is 0.475 e. The summed E-state index contributed by atoms with van der Waals surface area (Å²) in [5.74, 6) is -2.72. The monoisotopic (exact) mass is 504 g/mol. The van der Waals surface area contributed by atoms with Gasteiger partial charge in [-0.2, -0.15) is 0 Å². The van der Waals surface area contributed by atoms with E-state index < -0.39 is 37.0 Å². The molecule has 0 saturated carbocycles. The second-order valence-corrected chi connectivity index (χ2v) is 9.16. The molecule has 0 bridgehead atoms. The molecule has 1 aromatic rings. The van der Waals surface area contributed by atoms with Crippen LogP contribution in [0.4, 0.5) is 4.79 Å². The van der Waals surface area contributed by atoms with E-state index in [0.717, 1.165) is 5.56 Å². The van der Waals surface area contributed by atoms with Gasteiger partial charge in [-0.25, -0.2) is 4.79 Å². The van der Waals surface area contributed by atoms with Crippen LogP contribution in [0.15, 0.2) is 30.3 Å². The number of urea groups is 1. The maximum atomic E-state index is 13.4. The fourth-order valence-electron chi connectivity index (χ4n) is 4.36. The van der Waals surface area contributed by atoms with Crippen LogP contribution in [0.2, 0.25) is 0 Å². The first kappa shape index (κ1) is 27.9. The quantitative estimate of drug-likeness (QED) is 0.312. The average molecular weight is 504 g/mol. The van der Waals surface area contributed by atoms with Gasteiger partial charge in [0.1, 0.15) is 6.04 Å². The van der Waals surface area contributed by atoms with Gasteiger partial charge in [-0.05, 0) is 24.8 Å². The van der Waals surface area contributed by atoms with Crippen molar-refractivity contribution in [1.82, 2.24) is 20.4 Å². The van der Waals surface area contributed by atoms with Crippen LogP contribution in [-0.2, 0) is 25.5 Å². The van der Waals surface area contributed by atoms with Crippen molar-refractivity contribution in [3.8, 4) is 0 Å². The minimum atomic E-state index is -1.79. The van der Waals surface area contributed by atoms with Crippen molar-refractivity contribution >= 4 is 25.0 Å². The van der Waals surface area contributed by atoms with Gasteiger partial charge in [0.2, 0.25) is 11.8 Å². The zero-order valence-electron chi connectivity index (χ0n) is 20.8. The first-order valence-corrected chi connectivity index (χ1v) is 12.6. The van der Waals surface area contributed by atoms with Crippen molar-refractivity contribution < 1.29 is 33.9 Å². The van der Waals surface area contributed by atoms with Crippen molar-refractivity contribution in [1.29, 1.82) is 0 Å². The number of hydrogen-bond acceptors (Lipinski definition) is 7. The van der Waals surface area contributed by atoms with E-state index in [-0.39, 0.29) is 5.91 Å². The Bertz CT molecular complexity index is 848. The number of aryl methyl sites for hydroxylation is 1. The van der Waals surface area contributed by atoms with Crippen molar-refractivity contribution in [3.05, 3.63) is 35.9 Å². The SMILES string of the molecule is C[C@H](C(=O)N1CCOCC1)[C@@H](NC(=O)N1CCOCC1)C(=O)N[C@@H](CCCc1ccccc1)B(O)O. The topological polar surface area (TPSA) is 141 Å². The Hall–Kier alpha value is -2.67. The summed E-state index contributed by atoms with van der Waals surface area (Å²) < 4.78 is 10.6. The molecule has 0 radical (unpaired) electrons. The molecule has 198 valence electrons. The third-order valence-corrected chi connectivity index (χ3v) is 6.58. The highest BCUT2D eigenvalue weighted by Gasteiger charge is 2.37. The van der Waals surface area contributed by atoms with Crippen LogP contribution in [0.3, 0.4) is 0 Å². The minimum absolute atomic E-state index is 0.272. The molecule has 3 rings (SSSR count). The standard InChI is InChI=1S/C24H37BN4O7/c1-18(23(31)28-10-14-35-15-11-28)21(27-24(32)29-12-16-36-17-13-29)22(30)26-20(25(33)34)9-5-8-19-6-3-2-4-7-19/h2-4,6-7,18,20-21,33-34H,5,8-17H2,1H3,(H,26,30)(H,27,32)/t18-,20-,21+/m0/s1. The number of morpholine rings is 2. The predicted octanol–water partition coefficient (Wildman–Crippen LogP) is -0.589. The van der Waals surface area contributed by atoms with Crippen molar-refractivity contribution in [2.75, 3.05) is 52.6 Å². The molecule has 2 saturated heterocycles. The number of nitrogens with zero attached hydrogens (tertiary/aromatic N) is 2. The molecule has 36 heavy (non-hydrogen) atoms. The van der Waals surface area contributed by atoms with Crippen LogP contribution in [0.1, 0.15) is 25.3 Å². The number of benzene rings is 1. The molecular weight excluding hydrogens is 467 g/mol. The van der Waals surface area contributed by atoms with Crippen LogP contribution >= 0.6 is 0 Å². The summed E-state index contributed by atoms with van der Waals surface area (Å²) in [6.45, 7) is 4.79. The Morgan fingerprint density at radius 3 is 2.11 bits per heavy atom. The van der Waals surface area contributed by atoms with E-state index in [1.807, 2.05) is 30.3 Å². The average Bonchev–Trinajstić information content (AvgIpc) is 2.91. The zero-order chi connectivity index (χ0) is 25.9. The van der Waals surface area contributed by atoms with Crippen LogP contribution < -0.4 is 10.6 Å². The summed E-state index contributed by atoms with van der Waals surface area (Å²) in [5, 5.41) is 25.2. The van der Waals surface area contributed by atoms with Gasteiger partial charge in [0.25, 0.3) is 0 Å². The Morgan fingerprint density at radius 1 is 0.944 bits per heavy atom. The smallest absolute Gasteiger partial charge is 0.426 e. The fourth-order valence-corrected chi connectivity index (χ4v) is 4.36. The molecule has 4 amide bonds. The number of amides is 4. The second kappa shape index (κ2) is 14.2. The van der Waals surface area contributed by atoms with E-state index in [0.29, 0.717) is 71.9 Å². The predicted molar refractivity (Wildman–Crippen MR) is 133 cm³/mol. The van der Waals surface area contributed by atoms with Gasteiger partial charge in [0.05, 0.1) is 38.3 Å². The van der Waals surface area contributed by atoms with Gasteiger partial charge in [0.15, 0.2) is 0 Å². The third-order valence-electron chi connectivity index (χ3n) is 6.58. The van der Waals surface area contributed by atoms with E-state index in [1.54, 1.807) is 11.8 Å². The molecular formula is C24H37BN4O7. The summed E-state index contributed by atoms with van der Waals surface area (Å²) in [6, 6.07) is 8.11. The lowest BCUT2D eigenvalue weighted by Crippen LogP contribution is -2.61. The maximum absolute atomic E-state index is 13.4. The molecule has 2 aliphatic heterocycles. The minimum Gasteiger partial charge on any atom is -0.426 e.